The molecule has 0 aliphatic heterocycles. The molecule has 3 aromatic carbocycles. The van der Waals surface area contributed by atoms with E-state index in [-0.39, 0.29) is 28.2 Å². The molecule has 0 saturated heterocycles. The number of hydrogen-bond donors (Lipinski definition) is 4. The van der Waals surface area contributed by atoms with Gasteiger partial charge in [0.05, 0.1) is 11.6 Å². The molecule has 38 heavy (non-hydrogen) atoms. The normalized spacial score (nSPS) is 12.0. The van der Waals surface area contributed by atoms with Crippen LogP contribution in [0.25, 0.3) is 0 Å². The van der Waals surface area contributed by atoms with E-state index in [4.69, 9.17) is 27.5 Å². The van der Waals surface area contributed by atoms with Crippen LogP contribution in [0.5, 0.6) is 5.75 Å². The maximum atomic E-state index is 12.4. The highest BCUT2D eigenvalue weighted by molar-refractivity contribution is 7.90. The number of amides is 1. The van der Waals surface area contributed by atoms with Gasteiger partial charge in [-0.1, -0.05) is 48.0 Å². The molecule has 1 unspecified atom stereocenters. The molecule has 1 amide bonds. The van der Waals surface area contributed by atoms with E-state index in [1.54, 1.807) is 12.1 Å². The molecule has 202 valence electrons. The van der Waals surface area contributed by atoms with Crippen LogP contribution in [-0.4, -0.2) is 32.8 Å². The van der Waals surface area contributed by atoms with Gasteiger partial charge in [-0.3, -0.25) is 10.2 Å². The molecule has 0 aromatic heterocycles. The van der Waals surface area contributed by atoms with Crippen molar-refractivity contribution in [2.24, 2.45) is 5.73 Å². The smallest absolute Gasteiger partial charge is 0.265 e. The second kappa shape index (κ2) is 13.3. The maximum Gasteiger partial charge on any atom is 0.265 e. The second-order valence-corrected chi connectivity index (χ2v) is 11.2. The third-order valence-electron chi connectivity index (χ3n) is 5.80. The number of aryl methyl sites for hydroxylation is 1. The monoisotopic (exact) mass is 556 g/mol. The number of carbonyl (C=O) groups is 1. The minimum absolute atomic E-state index is 0.0476. The zero-order valence-electron chi connectivity index (χ0n) is 21.5. The van der Waals surface area contributed by atoms with Gasteiger partial charge in [-0.15, -0.1) is 0 Å². The first-order chi connectivity index (χ1) is 18.0. The number of ether oxygens (including phenoxy) is 1. The summed E-state index contributed by atoms with van der Waals surface area (Å²) in [4.78, 5) is 12.1. The molecule has 3 rings (SSSR count). The average Bonchev–Trinajstić information content (AvgIpc) is 2.84. The SMILES string of the molecule is Cc1cc(NC(C)CCCC(=O)NS(=O)(=O)c2ccccc2Cl)cc(OCCc2ccc(C(=N)N)cc2)c1. The molecule has 0 aliphatic carbocycles. The van der Waals surface area contributed by atoms with Crippen LogP contribution in [0.4, 0.5) is 5.69 Å². The zero-order valence-corrected chi connectivity index (χ0v) is 23.0. The molecule has 0 aliphatic rings. The number of halogens is 1. The summed E-state index contributed by atoms with van der Waals surface area (Å²) in [5.74, 6) is 0.231. The minimum Gasteiger partial charge on any atom is -0.493 e. The van der Waals surface area contributed by atoms with Gasteiger partial charge in [0, 0.05) is 36.2 Å². The third-order valence-corrected chi connectivity index (χ3v) is 7.68. The lowest BCUT2D eigenvalue weighted by molar-refractivity contribution is -0.119. The maximum absolute atomic E-state index is 12.4. The van der Waals surface area contributed by atoms with Crippen molar-refractivity contribution in [3.8, 4) is 5.75 Å². The highest BCUT2D eigenvalue weighted by Gasteiger charge is 2.20. The van der Waals surface area contributed by atoms with E-state index in [9.17, 15) is 13.2 Å². The molecule has 8 nitrogen and oxygen atoms in total. The van der Waals surface area contributed by atoms with E-state index in [2.05, 4.69) is 10.0 Å². The first kappa shape index (κ1) is 29.0. The number of amidine groups is 1. The molecule has 10 heteroatoms. The Morgan fingerprint density at radius 2 is 1.82 bits per heavy atom. The van der Waals surface area contributed by atoms with E-state index < -0.39 is 15.9 Å². The van der Waals surface area contributed by atoms with E-state index in [1.165, 1.54) is 12.1 Å². The third kappa shape index (κ3) is 8.78. The molecule has 3 aromatic rings. The Bertz CT molecular complexity index is 1380. The summed E-state index contributed by atoms with van der Waals surface area (Å²) < 4.78 is 32.9. The van der Waals surface area contributed by atoms with E-state index in [0.29, 0.717) is 25.0 Å². The van der Waals surface area contributed by atoms with Crippen molar-refractivity contribution < 1.29 is 17.9 Å². The average molecular weight is 557 g/mol. The summed E-state index contributed by atoms with van der Waals surface area (Å²) in [6.45, 7) is 4.50. The van der Waals surface area contributed by atoms with Crippen LogP contribution < -0.4 is 20.5 Å². The Hall–Kier alpha value is -3.56. The molecule has 0 fully saturated rings. The summed E-state index contributed by atoms with van der Waals surface area (Å²) in [6, 6.07) is 19.5. The second-order valence-electron chi connectivity index (χ2n) is 9.14. The summed E-state index contributed by atoms with van der Waals surface area (Å²) in [6.07, 6.45) is 1.97. The van der Waals surface area contributed by atoms with Crippen LogP contribution in [0.2, 0.25) is 5.02 Å². The Kier molecular flexibility index (Phi) is 10.2. The lowest BCUT2D eigenvalue weighted by Gasteiger charge is -2.17. The number of hydrogen-bond acceptors (Lipinski definition) is 6. The van der Waals surface area contributed by atoms with Crippen LogP contribution in [0.1, 0.15) is 42.9 Å². The van der Waals surface area contributed by atoms with Gasteiger partial charge in [-0.25, -0.2) is 13.1 Å². The molecular formula is C28H33ClN4O4S. The van der Waals surface area contributed by atoms with Crippen molar-refractivity contribution in [3.63, 3.8) is 0 Å². The van der Waals surface area contributed by atoms with Crippen molar-refractivity contribution in [1.29, 1.82) is 5.41 Å². The first-order valence-electron chi connectivity index (χ1n) is 12.3. The highest BCUT2D eigenvalue weighted by Crippen LogP contribution is 2.23. The largest absolute Gasteiger partial charge is 0.493 e. The van der Waals surface area contributed by atoms with Crippen LogP contribution >= 0.6 is 11.6 Å². The summed E-state index contributed by atoms with van der Waals surface area (Å²) in [5, 5.41) is 11.0. The summed E-state index contributed by atoms with van der Waals surface area (Å²) >= 11 is 5.95. The molecule has 0 bridgehead atoms. The highest BCUT2D eigenvalue weighted by atomic mass is 35.5. The number of nitrogen functional groups attached to an aromatic ring is 1. The van der Waals surface area contributed by atoms with Gasteiger partial charge in [-0.05, 0) is 62.1 Å². The number of carbonyl (C=O) groups excluding carboxylic acids is 1. The number of nitrogens with two attached hydrogens (primary N) is 1. The van der Waals surface area contributed by atoms with Gasteiger partial charge in [-0.2, -0.15) is 0 Å². The van der Waals surface area contributed by atoms with Crippen molar-refractivity contribution in [2.75, 3.05) is 11.9 Å². The number of benzene rings is 3. The summed E-state index contributed by atoms with van der Waals surface area (Å²) in [5.41, 5.74) is 9.24. The fourth-order valence-electron chi connectivity index (χ4n) is 3.90. The molecule has 0 heterocycles. The van der Waals surface area contributed by atoms with E-state index in [1.807, 2.05) is 56.3 Å². The molecule has 0 spiro atoms. The molecular weight excluding hydrogens is 524 g/mol. The fourth-order valence-corrected chi connectivity index (χ4v) is 5.43. The predicted molar refractivity (Wildman–Crippen MR) is 152 cm³/mol. The fraction of sp³-hybridized carbons (Fsp3) is 0.286. The van der Waals surface area contributed by atoms with Gasteiger partial charge in [0.25, 0.3) is 10.0 Å². The quantitative estimate of drug-likeness (QED) is 0.172. The Morgan fingerprint density at radius 3 is 2.50 bits per heavy atom. The lowest BCUT2D eigenvalue weighted by Crippen LogP contribution is -2.30. The number of rotatable bonds is 13. The Balaban J connectivity index is 1.45. The van der Waals surface area contributed by atoms with Crippen molar-refractivity contribution in [2.45, 2.75) is 50.5 Å². The predicted octanol–water partition coefficient (Wildman–Crippen LogP) is 5.03. The van der Waals surface area contributed by atoms with Crippen molar-refractivity contribution in [1.82, 2.24) is 4.72 Å². The van der Waals surface area contributed by atoms with Crippen LogP contribution in [0.15, 0.2) is 71.6 Å². The first-order valence-corrected chi connectivity index (χ1v) is 14.1. The minimum atomic E-state index is -4.00. The number of anilines is 1. The van der Waals surface area contributed by atoms with Gasteiger partial charge < -0.3 is 15.8 Å². The molecule has 1 atom stereocenters. The van der Waals surface area contributed by atoms with Crippen LogP contribution in [0, 0.1) is 12.3 Å². The standard InChI is InChI=1S/C28H33ClN4O4S/c1-19-16-23(18-24(17-19)37-15-14-21-10-12-22(13-11-21)28(30)31)32-20(2)6-5-9-27(34)33-38(35,36)26-8-4-3-7-25(26)29/h3-4,7-8,10-13,16-18,20,32H,5-6,9,14-15H2,1-2H3,(H3,30,31)(H,33,34). The van der Waals surface area contributed by atoms with Crippen molar-refractivity contribution in [3.05, 3.63) is 88.4 Å². The summed E-state index contributed by atoms with van der Waals surface area (Å²) in [7, 11) is -4.00. The lowest BCUT2D eigenvalue weighted by atomic mass is 10.1. The van der Waals surface area contributed by atoms with Gasteiger partial charge in [0.2, 0.25) is 5.91 Å². The Morgan fingerprint density at radius 1 is 1.11 bits per heavy atom. The molecule has 0 saturated carbocycles. The van der Waals surface area contributed by atoms with E-state index >= 15 is 0 Å². The van der Waals surface area contributed by atoms with Gasteiger partial charge in [0.1, 0.15) is 16.5 Å². The van der Waals surface area contributed by atoms with Gasteiger partial charge in [0.15, 0.2) is 0 Å². The topological polar surface area (TPSA) is 134 Å². The van der Waals surface area contributed by atoms with Crippen molar-refractivity contribution >= 4 is 39.1 Å². The van der Waals surface area contributed by atoms with Crippen LogP contribution in [-0.2, 0) is 21.2 Å². The number of sulfonamides is 1. The van der Waals surface area contributed by atoms with Crippen LogP contribution in [0.3, 0.4) is 0 Å². The number of nitrogens with one attached hydrogen (secondary N) is 3. The molecule has 5 N–H and O–H groups in total. The molecule has 0 radical (unpaired) electrons. The van der Waals surface area contributed by atoms with Gasteiger partial charge >= 0.3 is 0 Å². The zero-order chi connectivity index (χ0) is 27.7. The Labute approximate surface area is 229 Å². The van der Waals surface area contributed by atoms with E-state index in [0.717, 1.165) is 29.0 Å².